The van der Waals surface area contributed by atoms with Crippen molar-refractivity contribution in [2.75, 3.05) is 33.8 Å². The largest absolute Gasteiger partial charge is 0.396 e. The maximum absolute atomic E-state index is 14.6. The smallest absolute Gasteiger partial charge is 0.254 e. The van der Waals surface area contributed by atoms with Gasteiger partial charge in [0, 0.05) is 63.6 Å². The number of benzene rings is 4. The van der Waals surface area contributed by atoms with E-state index in [9.17, 15) is 23.9 Å². The van der Waals surface area contributed by atoms with Crippen LogP contribution in [-0.4, -0.2) is 84.5 Å². The van der Waals surface area contributed by atoms with Crippen LogP contribution in [0.25, 0.3) is 11.1 Å². The minimum atomic E-state index is -0.991. The Morgan fingerprint density at radius 2 is 1.46 bits per heavy atom. The molecule has 0 aromatic heterocycles. The summed E-state index contributed by atoms with van der Waals surface area (Å²) in [6.07, 6.45) is 0.304. The van der Waals surface area contributed by atoms with E-state index in [2.05, 4.69) is 10.6 Å². The lowest BCUT2D eigenvalue weighted by atomic mass is 9.87. The minimum Gasteiger partial charge on any atom is -0.396 e. The highest BCUT2D eigenvalue weighted by Gasteiger charge is 2.42. The van der Waals surface area contributed by atoms with Crippen LogP contribution in [0.5, 0.6) is 0 Å². The van der Waals surface area contributed by atoms with E-state index >= 15 is 0 Å². The van der Waals surface area contributed by atoms with Crippen molar-refractivity contribution in [1.29, 1.82) is 0 Å². The van der Waals surface area contributed by atoms with E-state index < -0.39 is 35.1 Å². The molecule has 4 aromatic carbocycles. The zero-order valence-corrected chi connectivity index (χ0v) is 28.8. The fourth-order valence-corrected chi connectivity index (χ4v) is 6.14. The maximum Gasteiger partial charge on any atom is 0.254 e. The first-order valence-corrected chi connectivity index (χ1v) is 16.9. The topological polar surface area (TPSA) is 138 Å². The summed E-state index contributed by atoms with van der Waals surface area (Å²) in [6.45, 7) is 2.95. The summed E-state index contributed by atoms with van der Waals surface area (Å²) in [5, 5.41) is 16.3. The standard InChI is InChI=1S/C40H46FN5O4/c1-40(26-47,36-24-43-36)25-44-37(48)34(21-28-14-18-33(41)19-15-28)45(2)39(50)35(46(3)38(49)32-11-7-8-29(20-32)23-42)22-27-12-16-31(17-13-27)30-9-5-4-6-10-30/h4-20,34-36,43,47H,21-26,42H2,1-3H3,(H,44,48)/t34-,35-,36?,40?/m1/s1. The number of likely N-dealkylation sites (N-methyl/N-ethyl adjacent to an activating group) is 2. The fraction of sp³-hybridized carbons (Fsp3) is 0.325. The van der Waals surface area contributed by atoms with Crippen LogP contribution < -0.4 is 16.4 Å². The van der Waals surface area contributed by atoms with Gasteiger partial charge in [-0.15, -0.1) is 0 Å². The average Bonchev–Trinajstić information content (AvgIpc) is 4.02. The fourth-order valence-electron chi connectivity index (χ4n) is 6.14. The van der Waals surface area contributed by atoms with Gasteiger partial charge in [-0.05, 0) is 52.1 Å². The molecule has 262 valence electrons. The van der Waals surface area contributed by atoms with Gasteiger partial charge in [0.15, 0.2) is 0 Å². The second kappa shape index (κ2) is 16.2. The lowest BCUT2D eigenvalue weighted by molar-refractivity contribution is -0.142. The van der Waals surface area contributed by atoms with Gasteiger partial charge in [0.2, 0.25) is 11.8 Å². The minimum absolute atomic E-state index is 0.0674. The molecule has 9 nitrogen and oxygen atoms in total. The third kappa shape index (κ3) is 8.81. The van der Waals surface area contributed by atoms with Gasteiger partial charge in [0.05, 0.1) is 6.61 Å². The van der Waals surface area contributed by atoms with E-state index in [4.69, 9.17) is 5.73 Å². The molecule has 3 amide bonds. The number of carbonyl (C=O) groups excluding carboxylic acids is 3. The van der Waals surface area contributed by atoms with Gasteiger partial charge >= 0.3 is 0 Å². The molecule has 2 unspecified atom stereocenters. The van der Waals surface area contributed by atoms with Crippen molar-refractivity contribution >= 4 is 17.7 Å². The van der Waals surface area contributed by atoms with Crippen molar-refractivity contribution in [3.63, 3.8) is 0 Å². The normalized spacial score (nSPS) is 16.1. The van der Waals surface area contributed by atoms with Crippen LogP contribution in [0, 0.1) is 11.2 Å². The van der Waals surface area contributed by atoms with E-state index in [0.29, 0.717) is 11.1 Å². The molecule has 0 aliphatic carbocycles. The predicted molar refractivity (Wildman–Crippen MR) is 192 cm³/mol. The van der Waals surface area contributed by atoms with Crippen molar-refractivity contribution < 1.29 is 23.9 Å². The summed E-state index contributed by atoms with van der Waals surface area (Å²) in [5.41, 5.74) is 10.0. The van der Waals surface area contributed by atoms with Crippen molar-refractivity contribution in [3.8, 4) is 11.1 Å². The Balaban J connectivity index is 1.45. The Morgan fingerprint density at radius 3 is 2.06 bits per heavy atom. The molecule has 1 heterocycles. The molecule has 1 aliphatic rings. The number of halogens is 1. The number of rotatable bonds is 15. The van der Waals surface area contributed by atoms with Gasteiger partial charge in [-0.2, -0.15) is 0 Å². The molecular formula is C40H46FN5O4. The molecule has 0 radical (unpaired) electrons. The molecular weight excluding hydrogens is 633 g/mol. The number of hydrogen-bond acceptors (Lipinski definition) is 6. The Bertz CT molecular complexity index is 1760. The molecule has 5 N–H and O–H groups in total. The highest BCUT2D eigenvalue weighted by molar-refractivity contribution is 5.98. The Hall–Kier alpha value is -4.90. The molecule has 0 bridgehead atoms. The average molecular weight is 680 g/mol. The van der Waals surface area contributed by atoms with E-state index in [1.165, 1.54) is 21.9 Å². The first kappa shape index (κ1) is 36.4. The van der Waals surface area contributed by atoms with Gasteiger partial charge in [-0.1, -0.05) is 85.8 Å². The van der Waals surface area contributed by atoms with Gasteiger partial charge in [0.25, 0.3) is 5.91 Å². The number of nitrogens with zero attached hydrogens (tertiary/aromatic N) is 2. The monoisotopic (exact) mass is 679 g/mol. The Labute approximate surface area is 293 Å². The van der Waals surface area contributed by atoms with Crippen molar-refractivity contribution in [2.24, 2.45) is 11.1 Å². The number of nitrogens with two attached hydrogens (primary N) is 1. The third-order valence-electron chi connectivity index (χ3n) is 9.71. The zero-order chi connectivity index (χ0) is 35.8. The molecule has 10 heteroatoms. The van der Waals surface area contributed by atoms with Crippen LogP contribution in [0.15, 0.2) is 103 Å². The number of nitrogens with one attached hydrogen (secondary N) is 2. The Kier molecular flexibility index (Phi) is 11.8. The number of aliphatic hydroxyl groups is 1. The highest BCUT2D eigenvalue weighted by atomic mass is 19.1. The molecule has 1 saturated heterocycles. The van der Waals surface area contributed by atoms with E-state index in [1.807, 2.05) is 67.6 Å². The summed E-state index contributed by atoms with van der Waals surface area (Å²) < 4.78 is 13.8. The van der Waals surface area contributed by atoms with Gasteiger partial charge in [-0.3, -0.25) is 14.4 Å². The molecule has 5 rings (SSSR count). The summed E-state index contributed by atoms with van der Waals surface area (Å²) in [5.74, 6) is -1.62. The zero-order valence-electron chi connectivity index (χ0n) is 28.8. The Morgan fingerprint density at radius 1 is 0.860 bits per heavy atom. The molecule has 1 aliphatic heterocycles. The second-order valence-electron chi connectivity index (χ2n) is 13.4. The van der Waals surface area contributed by atoms with Crippen LogP contribution in [0.2, 0.25) is 0 Å². The van der Waals surface area contributed by atoms with Gasteiger partial charge in [-0.25, -0.2) is 4.39 Å². The quantitative estimate of drug-likeness (QED) is 0.141. The van der Waals surface area contributed by atoms with E-state index in [-0.39, 0.29) is 44.5 Å². The summed E-state index contributed by atoms with van der Waals surface area (Å²) in [4.78, 5) is 45.3. The SMILES string of the molecule is CN(C(=O)c1cccc(CN)c1)[C@H](Cc1ccc(-c2ccccc2)cc1)C(=O)N(C)[C@H](Cc1ccc(F)cc1)C(=O)NCC(C)(CO)C1CN1. The summed E-state index contributed by atoms with van der Waals surface area (Å²) in [6, 6.07) is 28.7. The summed E-state index contributed by atoms with van der Waals surface area (Å²) in [7, 11) is 3.15. The molecule has 1 fully saturated rings. The lowest BCUT2D eigenvalue weighted by Crippen LogP contribution is -2.57. The van der Waals surface area contributed by atoms with E-state index in [1.54, 1.807) is 44.4 Å². The lowest BCUT2D eigenvalue weighted by Gasteiger charge is -2.35. The number of amides is 3. The first-order chi connectivity index (χ1) is 24.0. The molecule has 4 atom stereocenters. The van der Waals surface area contributed by atoms with Crippen LogP contribution in [0.4, 0.5) is 4.39 Å². The first-order valence-electron chi connectivity index (χ1n) is 16.9. The third-order valence-corrected chi connectivity index (χ3v) is 9.71. The van der Waals surface area contributed by atoms with Crippen LogP contribution in [0.1, 0.15) is 34.0 Å². The molecule has 4 aromatic rings. The maximum atomic E-state index is 14.6. The highest BCUT2D eigenvalue weighted by Crippen LogP contribution is 2.26. The van der Waals surface area contributed by atoms with Gasteiger partial charge in [0.1, 0.15) is 17.9 Å². The van der Waals surface area contributed by atoms with Crippen LogP contribution in [0.3, 0.4) is 0 Å². The predicted octanol–water partition coefficient (Wildman–Crippen LogP) is 3.79. The molecule has 0 saturated carbocycles. The van der Waals surface area contributed by atoms with Crippen molar-refractivity contribution in [2.45, 2.75) is 44.4 Å². The number of aliphatic hydroxyl groups excluding tert-OH is 1. The van der Waals surface area contributed by atoms with E-state index in [0.717, 1.165) is 28.8 Å². The molecule has 0 spiro atoms. The molecule has 50 heavy (non-hydrogen) atoms. The van der Waals surface area contributed by atoms with Gasteiger partial charge < -0.3 is 31.3 Å². The number of hydrogen-bond donors (Lipinski definition) is 4. The summed E-state index contributed by atoms with van der Waals surface area (Å²) >= 11 is 0. The number of carbonyl (C=O) groups is 3. The van der Waals surface area contributed by atoms with Crippen LogP contribution >= 0.6 is 0 Å². The van der Waals surface area contributed by atoms with Crippen molar-refractivity contribution in [3.05, 3.63) is 131 Å². The van der Waals surface area contributed by atoms with Crippen molar-refractivity contribution in [1.82, 2.24) is 20.4 Å². The van der Waals surface area contributed by atoms with Crippen LogP contribution in [-0.2, 0) is 29.0 Å². The second-order valence-corrected chi connectivity index (χ2v) is 13.4.